The molecular formula is C14H21NO5. The fourth-order valence-corrected chi connectivity index (χ4v) is 1.75. The van der Waals surface area contributed by atoms with E-state index in [9.17, 15) is 4.79 Å². The zero-order valence-electron chi connectivity index (χ0n) is 11.8. The van der Waals surface area contributed by atoms with Crippen LogP contribution in [0.1, 0.15) is 18.9 Å². The molecule has 0 radical (unpaired) electrons. The third kappa shape index (κ3) is 4.71. The molecule has 0 aliphatic carbocycles. The van der Waals surface area contributed by atoms with Crippen molar-refractivity contribution in [3.8, 4) is 11.5 Å². The molecule has 0 saturated carbocycles. The number of aliphatic carboxylic acids is 1. The minimum absolute atomic E-state index is 0.00600. The second kappa shape index (κ2) is 8.39. The van der Waals surface area contributed by atoms with Gasteiger partial charge in [-0.25, -0.2) is 4.79 Å². The minimum atomic E-state index is -1.04. The maximum absolute atomic E-state index is 10.6. The number of hydrogen-bond acceptors (Lipinski definition) is 5. The summed E-state index contributed by atoms with van der Waals surface area (Å²) in [4.78, 5) is 10.6. The number of aliphatic hydroxyl groups is 1. The van der Waals surface area contributed by atoms with Crippen molar-refractivity contribution < 1.29 is 24.5 Å². The second-order valence-corrected chi connectivity index (χ2v) is 4.30. The number of hydrogen-bond donors (Lipinski definition) is 3. The Morgan fingerprint density at radius 1 is 1.45 bits per heavy atom. The van der Waals surface area contributed by atoms with Crippen LogP contribution in [-0.4, -0.2) is 42.5 Å². The molecule has 0 heterocycles. The Kier molecular flexibility index (Phi) is 6.83. The van der Waals surface area contributed by atoms with Gasteiger partial charge in [-0.05, 0) is 12.5 Å². The summed E-state index contributed by atoms with van der Waals surface area (Å²) in [5.41, 5.74) is 0.789. The van der Waals surface area contributed by atoms with E-state index < -0.39 is 12.6 Å². The Bertz CT molecular complexity index is 432. The lowest BCUT2D eigenvalue weighted by Gasteiger charge is -2.17. The number of benzene rings is 1. The number of para-hydroxylation sites is 1. The fourth-order valence-electron chi connectivity index (χ4n) is 1.75. The highest BCUT2D eigenvalue weighted by Gasteiger charge is 2.13. The molecule has 20 heavy (non-hydrogen) atoms. The molecule has 0 saturated heterocycles. The van der Waals surface area contributed by atoms with Gasteiger partial charge >= 0.3 is 5.97 Å². The molecule has 3 N–H and O–H groups in total. The summed E-state index contributed by atoms with van der Waals surface area (Å²) in [6, 6.07) is 5.35. The van der Waals surface area contributed by atoms with E-state index in [4.69, 9.17) is 19.7 Å². The normalized spacial score (nSPS) is 11.9. The van der Waals surface area contributed by atoms with E-state index >= 15 is 0 Å². The number of aliphatic hydroxyl groups excluding tert-OH is 1. The van der Waals surface area contributed by atoms with Crippen LogP contribution in [-0.2, 0) is 11.3 Å². The molecule has 0 spiro atoms. The highest BCUT2D eigenvalue weighted by molar-refractivity contribution is 5.68. The van der Waals surface area contributed by atoms with E-state index in [1.807, 2.05) is 19.1 Å². The number of carbonyl (C=O) groups is 1. The molecule has 6 nitrogen and oxygen atoms in total. The van der Waals surface area contributed by atoms with Crippen molar-refractivity contribution in [2.24, 2.45) is 0 Å². The Hall–Kier alpha value is -1.79. The molecule has 112 valence electrons. The standard InChI is InChI=1S/C14H21NO5/c1-3-11(8-16)15-7-10-5-4-6-12(19-2)14(10)20-9-13(17)18/h4-6,11,15-16H,3,7-9H2,1-2H3,(H,17,18)/t11-/m0/s1. The number of nitrogens with one attached hydrogen (secondary N) is 1. The van der Waals surface area contributed by atoms with Gasteiger partial charge in [0.2, 0.25) is 0 Å². The summed E-state index contributed by atoms with van der Waals surface area (Å²) in [7, 11) is 1.50. The third-order valence-corrected chi connectivity index (χ3v) is 2.91. The molecule has 6 heteroatoms. The van der Waals surface area contributed by atoms with Gasteiger partial charge in [0.15, 0.2) is 18.1 Å². The van der Waals surface area contributed by atoms with E-state index in [0.717, 1.165) is 12.0 Å². The quantitative estimate of drug-likeness (QED) is 0.627. The smallest absolute Gasteiger partial charge is 0.341 e. The van der Waals surface area contributed by atoms with Crippen molar-refractivity contribution in [3.63, 3.8) is 0 Å². The largest absolute Gasteiger partial charge is 0.493 e. The lowest BCUT2D eigenvalue weighted by Crippen LogP contribution is -2.31. The van der Waals surface area contributed by atoms with Crippen LogP contribution in [0.25, 0.3) is 0 Å². The van der Waals surface area contributed by atoms with Gasteiger partial charge in [0.1, 0.15) is 0 Å². The van der Waals surface area contributed by atoms with Gasteiger partial charge in [-0.1, -0.05) is 19.1 Å². The van der Waals surface area contributed by atoms with Crippen molar-refractivity contribution in [2.45, 2.75) is 25.9 Å². The molecule has 0 bridgehead atoms. The zero-order valence-corrected chi connectivity index (χ0v) is 11.8. The molecule has 0 aliphatic heterocycles. The molecular weight excluding hydrogens is 262 g/mol. The van der Waals surface area contributed by atoms with E-state index in [1.165, 1.54) is 7.11 Å². The Morgan fingerprint density at radius 3 is 2.75 bits per heavy atom. The minimum Gasteiger partial charge on any atom is -0.493 e. The van der Waals surface area contributed by atoms with Crippen LogP contribution in [0.2, 0.25) is 0 Å². The third-order valence-electron chi connectivity index (χ3n) is 2.91. The maximum atomic E-state index is 10.6. The lowest BCUT2D eigenvalue weighted by molar-refractivity contribution is -0.139. The Balaban J connectivity index is 2.84. The van der Waals surface area contributed by atoms with Crippen molar-refractivity contribution >= 4 is 5.97 Å². The first kappa shape index (κ1) is 16.3. The predicted molar refractivity (Wildman–Crippen MR) is 74.1 cm³/mol. The zero-order chi connectivity index (χ0) is 15.0. The second-order valence-electron chi connectivity index (χ2n) is 4.30. The molecule has 1 rings (SSSR count). The van der Waals surface area contributed by atoms with Crippen LogP contribution >= 0.6 is 0 Å². The highest BCUT2D eigenvalue weighted by Crippen LogP contribution is 2.31. The van der Waals surface area contributed by atoms with Gasteiger partial charge in [-0.2, -0.15) is 0 Å². The van der Waals surface area contributed by atoms with Gasteiger partial charge in [0, 0.05) is 18.2 Å². The topological polar surface area (TPSA) is 88.0 Å². The number of carboxylic acids is 1. The van der Waals surface area contributed by atoms with E-state index in [-0.39, 0.29) is 12.6 Å². The molecule has 0 aliphatic rings. The number of methoxy groups -OCH3 is 1. The molecule has 0 amide bonds. The van der Waals surface area contributed by atoms with Crippen molar-refractivity contribution in [1.29, 1.82) is 0 Å². The van der Waals surface area contributed by atoms with Crippen LogP contribution in [0, 0.1) is 0 Å². The molecule has 0 aromatic heterocycles. The van der Waals surface area contributed by atoms with Crippen LogP contribution in [0.5, 0.6) is 11.5 Å². The van der Waals surface area contributed by atoms with Gasteiger partial charge in [0.05, 0.1) is 13.7 Å². The molecule has 1 atom stereocenters. The van der Waals surface area contributed by atoms with Crippen molar-refractivity contribution in [2.75, 3.05) is 20.3 Å². The van der Waals surface area contributed by atoms with E-state index in [0.29, 0.717) is 18.0 Å². The summed E-state index contributed by atoms with van der Waals surface area (Å²) >= 11 is 0. The van der Waals surface area contributed by atoms with Gasteiger partial charge in [0.25, 0.3) is 0 Å². The molecule has 1 aromatic rings. The molecule has 0 unspecified atom stereocenters. The summed E-state index contributed by atoms with van der Waals surface area (Å²) in [6.07, 6.45) is 0.797. The highest BCUT2D eigenvalue weighted by atomic mass is 16.5. The molecule has 1 aromatic carbocycles. The summed E-state index contributed by atoms with van der Waals surface area (Å²) in [5, 5.41) is 21.0. The monoisotopic (exact) mass is 283 g/mol. The van der Waals surface area contributed by atoms with Gasteiger partial charge in [-0.3, -0.25) is 0 Å². The number of ether oxygens (including phenoxy) is 2. The van der Waals surface area contributed by atoms with E-state index in [2.05, 4.69) is 5.32 Å². The van der Waals surface area contributed by atoms with E-state index in [1.54, 1.807) is 6.07 Å². The fraction of sp³-hybridized carbons (Fsp3) is 0.500. The molecule has 0 fully saturated rings. The summed E-state index contributed by atoms with van der Waals surface area (Å²) in [6.45, 7) is 2.06. The number of carboxylic acid groups (broad SMARTS) is 1. The first-order valence-electron chi connectivity index (χ1n) is 6.47. The van der Waals surface area contributed by atoms with Crippen LogP contribution in [0.3, 0.4) is 0 Å². The van der Waals surface area contributed by atoms with Crippen LogP contribution in [0.4, 0.5) is 0 Å². The van der Waals surface area contributed by atoms with Crippen LogP contribution in [0.15, 0.2) is 18.2 Å². The van der Waals surface area contributed by atoms with Gasteiger partial charge in [-0.15, -0.1) is 0 Å². The Labute approximate surface area is 118 Å². The summed E-state index contributed by atoms with van der Waals surface area (Å²) in [5.74, 6) is -0.142. The lowest BCUT2D eigenvalue weighted by atomic mass is 10.1. The number of rotatable bonds is 9. The average molecular weight is 283 g/mol. The van der Waals surface area contributed by atoms with Crippen LogP contribution < -0.4 is 14.8 Å². The van der Waals surface area contributed by atoms with Crippen molar-refractivity contribution in [3.05, 3.63) is 23.8 Å². The SMILES string of the molecule is CC[C@@H](CO)NCc1cccc(OC)c1OCC(=O)O. The Morgan fingerprint density at radius 2 is 2.20 bits per heavy atom. The first-order chi connectivity index (χ1) is 9.62. The maximum Gasteiger partial charge on any atom is 0.341 e. The van der Waals surface area contributed by atoms with Crippen molar-refractivity contribution in [1.82, 2.24) is 5.32 Å². The summed E-state index contributed by atoms with van der Waals surface area (Å²) < 4.78 is 10.5. The average Bonchev–Trinajstić information content (AvgIpc) is 2.46. The predicted octanol–water partition coefficient (Wildman–Crippen LogP) is 1.02. The first-order valence-corrected chi connectivity index (χ1v) is 6.47. The van der Waals surface area contributed by atoms with Gasteiger partial charge < -0.3 is 25.0 Å².